The summed E-state index contributed by atoms with van der Waals surface area (Å²) < 4.78 is 0. The molecule has 0 saturated heterocycles. The Kier molecular flexibility index (Phi) is 3.14. The molecule has 3 rings (SSSR count). The molecule has 0 bridgehead atoms. The maximum atomic E-state index is 4.56. The van der Waals surface area contributed by atoms with Gasteiger partial charge < -0.3 is 10.2 Å². The van der Waals surface area contributed by atoms with Gasteiger partial charge in [-0.1, -0.05) is 0 Å². The lowest BCUT2D eigenvalue weighted by Gasteiger charge is -2.21. The van der Waals surface area contributed by atoms with E-state index in [0.717, 1.165) is 30.7 Å². The van der Waals surface area contributed by atoms with Crippen molar-refractivity contribution in [2.75, 3.05) is 23.3 Å². The van der Waals surface area contributed by atoms with E-state index in [1.54, 1.807) is 0 Å². The molecule has 2 aliphatic rings. The van der Waals surface area contributed by atoms with Gasteiger partial charge in [0.25, 0.3) is 0 Å². The Balaban J connectivity index is 1.63. The minimum atomic E-state index is 0.705. The summed E-state index contributed by atoms with van der Waals surface area (Å²) >= 11 is 0. The largest absolute Gasteiger partial charge is 0.381 e. The summed E-state index contributed by atoms with van der Waals surface area (Å²) in [6, 6.07) is 5.02. The van der Waals surface area contributed by atoms with E-state index in [1.807, 2.05) is 6.20 Å². The van der Waals surface area contributed by atoms with Crippen LogP contribution in [0.5, 0.6) is 0 Å². The van der Waals surface area contributed by atoms with E-state index in [1.165, 1.54) is 24.9 Å². The Morgan fingerprint density at radius 3 is 2.61 bits per heavy atom. The summed E-state index contributed by atoms with van der Waals surface area (Å²) in [5, 5.41) is 3.65. The van der Waals surface area contributed by atoms with Crippen molar-refractivity contribution in [3.63, 3.8) is 0 Å². The molecule has 18 heavy (non-hydrogen) atoms. The van der Waals surface area contributed by atoms with E-state index in [9.17, 15) is 0 Å². The summed E-state index contributed by atoms with van der Waals surface area (Å²) in [7, 11) is 0. The molecule has 0 spiro atoms. The maximum Gasteiger partial charge on any atom is 0.128 e. The van der Waals surface area contributed by atoms with Crippen LogP contribution in [0, 0.1) is 11.8 Å². The van der Waals surface area contributed by atoms with Gasteiger partial charge in [0.15, 0.2) is 0 Å². The fourth-order valence-corrected chi connectivity index (χ4v) is 3.30. The number of pyridine rings is 1. The second-order valence-corrected chi connectivity index (χ2v) is 5.57. The number of nitrogens with zero attached hydrogens (tertiary/aromatic N) is 2. The highest BCUT2D eigenvalue weighted by atomic mass is 15.2. The standard InChI is InChI=1S/C15H23N3/c1-3-18(4-2)15-8-6-12(10-16-15)17-14-7-5-11-9-13(11)14/h6,8,10-11,13-14,17H,3-5,7,9H2,1-2H3. The number of hydrogen-bond acceptors (Lipinski definition) is 3. The lowest BCUT2D eigenvalue weighted by Crippen LogP contribution is -2.23. The highest BCUT2D eigenvalue weighted by Gasteiger charge is 2.47. The first-order valence-corrected chi connectivity index (χ1v) is 7.29. The third-order valence-corrected chi connectivity index (χ3v) is 4.53. The van der Waals surface area contributed by atoms with Crippen LogP contribution < -0.4 is 10.2 Å². The third kappa shape index (κ3) is 2.18. The van der Waals surface area contributed by atoms with E-state index in [2.05, 4.69) is 41.2 Å². The molecule has 2 fully saturated rings. The van der Waals surface area contributed by atoms with Gasteiger partial charge in [0.1, 0.15) is 5.82 Å². The topological polar surface area (TPSA) is 28.2 Å². The normalized spacial score (nSPS) is 28.9. The summed E-state index contributed by atoms with van der Waals surface area (Å²) in [6.45, 7) is 6.37. The Morgan fingerprint density at radius 1 is 1.28 bits per heavy atom. The van der Waals surface area contributed by atoms with Crippen LogP contribution in [0.3, 0.4) is 0 Å². The molecule has 0 amide bonds. The van der Waals surface area contributed by atoms with Crippen LogP contribution in [0.15, 0.2) is 18.3 Å². The van der Waals surface area contributed by atoms with Crippen LogP contribution in [0.2, 0.25) is 0 Å². The maximum absolute atomic E-state index is 4.56. The molecule has 1 heterocycles. The molecular formula is C15H23N3. The number of aromatic nitrogens is 1. The molecule has 0 aromatic carbocycles. The number of hydrogen-bond donors (Lipinski definition) is 1. The van der Waals surface area contributed by atoms with Crippen LogP contribution in [0.25, 0.3) is 0 Å². The average Bonchev–Trinajstić information content (AvgIpc) is 3.09. The molecule has 1 N–H and O–H groups in total. The van der Waals surface area contributed by atoms with E-state index in [4.69, 9.17) is 0 Å². The van der Waals surface area contributed by atoms with Gasteiger partial charge in [0, 0.05) is 19.1 Å². The zero-order valence-electron chi connectivity index (χ0n) is 11.4. The minimum Gasteiger partial charge on any atom is -0.381 e. The van der Waals surface area contributed by atoms with Crippen LogP contribution in [0.1, 0.15) is 33.1 Å². The lowest BCUT2D eigenvalue weighted by molar-refractivity contribution is 0.654. The van der Waals surface area contributed by atoms with Crippen LogP contribution in [-0.4, -0.2) is 24.1 Å². The van der Waals surface area contributed by atoms with Crippen LogP contribution in [-0.2, 0) is 0 Å². The van der Waals surface area contributed by atoms with E-state index in [-0.39, 0.29) is 0 Å². The number of anilines is 2. The van der Waals surface area contributed by atoms with Crippen molar-refractivity contribution in [1.82, 2.24) is 4.98 Å². The first-order chi connectivity index (χ1) is 8.81. The molecule has 3 atom stereocenters. The van der Waals surface area contributed by atoms with Gasteiger partial charge in [-0.2, -0.15) is 0 Å². The molecule has 3 unspecified atom stereocenters. The number of nitrogens with one attached hydrogen (secondary N) is 1. The smallest absolute Gasteiger partial charge is 0.128 e. The number of fused-ring (bicyclic) bond motifs is 1. The SMILES string of the molecule is CCN(CC)c1ccc(NC2CCC3CC32)cn1. The highest BCUT2D eigenvalue weighted by Crippen LogP contribution is 2.52. The van der Waals surface area contributed by atoms with Crippen molar-refractivity contribution in [1.29, 1.82) is 0 Å². The second-order valence-electron chi connectivity index (χ2n) is 5.57. The van der Waals surface area contributed by atoms with Crippen molar-refractivity contribution < 1.29 is 0 Å². The third-order valence-electron chi connectivity index (χ3n) is 4.53. The molecule has 0 aliphatic heterocycles. The summed E-state index contributed by atoms with van der Waals surface area (Å²) in [5.74, 6) is 3.07. The molecule has 3 nitrogen and oxygen atoms in total. The van der Waals surface area contributed by atoms with Gasteiger partial charge in [-0.25, -0.2) is 4.98 Å². The van der Waals surface area contributed by atoms with Crippen molar-refractivity contribution in [3.05, 3.63) is 18.3 Å². The van der Waals surface area contributed by atoms with Gasteiger partial charge in [-0.15, -0.1) is 0 Å². The quantitative estimate of drug-likeness (QED) is 0.864. The Hall–Kier alpha value is -1.25. The van der Waals surface area contributed by atoms with Crippen LogP contribution >= 0.6 is 0 Å². The molecule has 1 aromatic rings. The molecule has 2 aliphatic carbocycles. The zero-order chi connectivity index (χ0) is 12.5. The molecule has 98 valence electrons. The Morgan fingerprint density at radius 2 is 2.11 bits per heavy atom. The van der Waals surface area contributed by atoms with Gasteiger partial charge >= 0.3 is 0 Å². The fourth-order valence-electron chi connectivity index (χ4n) is 3.30. The van der Waals surface area contributed by atoms with E-state index in [0.29, 0.717) is 6.04 Å². The van der Waals surface area contributed by atoms with Gasteiger partial charge in [-0.3, -0.25) is 0 Å². The summed E-state index contributed by atoms with van der Waals surface area (Å²) in [6.07, 6.45) is 6.20. The predicted octanol–water partition coefficient (Wildman–Crippen LogP) is 3.14. The molecule has 1 aromatic heterocycles. The Bertz CT molecular complexity index is 397. The Labute approximate surface area is 110 Å². The summed E-state index contributed by atoms with van der Waals surface area (Å²) in [4.78, 5) is 6.84. The van der Waals surface area contributed by atoms with E-state index >= 15 is 0 Å². The zero-order valence-corrected chi connectivity index (χ0v) is 11.4. The molecule has 2 saturated carbocycles. The molecule has 3 heteroatoms. The van der Waals surface area contributed by atoms with E-state index < -0.39 is 0 Å². The predicted molar refractivity (Wildman–Crippen MR) is 76.0 cm³/mol. The van der Waals surface area contributed by atoms with Gasteiger partial charge in [0.05, 0.1) is 11.9 Å². The second kappa shape index (κ2) is 4.79. The van der Waals surface area contributed by atoms with Gasteiger partial charge in [-0.05, 0) is 57.1 Å². The summed E-state index contributed by atoms with van der Waals surface area (Å²) in [5.41, 5.74) is 1.18. The average molecular weight is 245 g/mol. The van der Waals surface area contributed by atoms with Crippen molar-refractivity contribution in [2.24, 2.45) is 11.8 Å². The lowest BCUT2D eigenvalue weighted by atomic mass is 10.1. The van der Waals surface area contributed by atoms with Gasteiger partial charge in [0.2, 0.25) is 0 Å². The fraction of sp³-hybridized carbons (Fsp3) is 0.667. The minimum absolute atomic E-state index is 0.705. The molecular weight excluding hydrogens is 222 g/mol. The molecule has 0 radical (unpaired) electrons. The van der Waals surface area contributed by atoms with Crippen LogP contribution in [0.4, 0.5) is 11.5 Å². The first kappa shape index (κ1) is 11.8. The van der Waals surface area contributed by atoms with Crippen molar-refractivity contribution in [3.8, 4) is 0 Å². The monoisotopic (exact) mass is 245 g/mol. The number of rotatable bonds is 5. The van der Waals surface area contributed by atoms with Crippen molar-refractivity contribution >= 4 is 11.5 Å². The van der Waals surface area contributed by atoms with Crippen molar-refractivity contribution in [2.45, 2.75) is 39.2 Å². The first-order valence-electron chi connectivity index (χ1n) is 7.29. The highest BCUT2D eigenvalue weighted by molar-refractivity contribution is 5.49.